The minimum absolute atomic E-state index is 0.0188. The summed E-state index contributed by atoms with van der Waals surface area (Å²) < 4.78 is 52.5. The molecule has 8 rings (SSSR count). The maximum Gasteiger partial charge on any atom is 0.434 e. The second-order valence-corrected chi connectivity index (χ2v) is 14.1. The Balaban J connectivity index is 1.13. The minimum atomic E-state index is -0.930. The smallest absolute Gasteiger partial charge is 0.434 e. The van der Waals surface area contributed by atoms with Crippen LogP contribution in [0.15, 0.2) is 61.1 Å². The maximum absolute atomic E-state index is 16.8. The predicted octanol–water partition coefficient (Wildman–Crippen LogP) is 6.43. The molecule has 3 fully saturated rings. The van der Waals surface area contributed by atoms with Gasteiger partial charge in [-0.2, -0.15) is 4.98 Å². The van der Waals surface area contributed by atoms with Crippen LogP contribution in [0.1, 0.15) is 31.5 Å². The number of alkyl halides is 1. The first kappa shape index (κ1) is 34.1. The molecule has 1 amide bonds. The molecule has 0 spiro atoms. The topological polar surface area (TPSA) is 100 Å². The van der Waals surface area contributed by atoms with Gasteiger partial charge in [0.1, 0.15) is 29.4 Å². The Hall–Kier alpha value is -5.01. The number of hydrogen-bond acceptors (Lipinski definition) is 8. The third-order valence-electron chi connectivity index (χ3n) is 10.3. The molecular weight excluding hydrogens is 693 g/mol. The van der Waals surface area contributed by atoms with E-state index in [1.165, 1.54) is 12.2 Å². The highest BCUT2D eigenvalue weighted by Gasteiger charge is 2.49. The van der Waals surface area contributed by atoms with Gasteiger partial charge in [0.25, 0.3) is 0 Å². The van der Waals surface area contributed by atoms with E-state index in [-0.39, 0.29) is 41.5 Å². The lowest BCUT2D eigenvalue weighted by molar-refractivity contribution is -0.405. The molecule has 10 nitrogen and oxygen atoms in total. The summed E-state index contributed by atoms with van der Waals surface area (Å²) in [6.45, 7) is 2.31. The number of pyridine rings is 1. The van der Waals surface area contributed by atoms with E-state index in [4.69, 9.17) is 21.3 Å². The summed E-state index contributed by atoms with van der Waals surface area (Å²) in [6, 6.07) is 11.0. The largest absolute Gasteiger partial charge is 0.443 e. The van der Waals surface area contributed by atoms with Gasteiger partial charge in [-0.1, -0.05) is 41.9 Å². The minimum Gasteiger partial charge on any atom is -0.443 e. The van der Waals surface area contributed by atoms with Crippen molar-refractivity contribution in [2.24, 2.45) is 5.92 Å². The molecule has 6 heterocycles. The Labute approximate surface area is 302 Å². The molecule has 3 aromatic heterocycles. The van der Waals surface area contributed by atoms with Gasteiger partial charge in [-0.25, -0.2) is 27.7 Å². The number of aromatic nitrogens is 5. The number of amides is 1. The average molecular weight is 728 g/mol. The molecule has 266 valence electrons. The Kier molecular flexibility index (Phi) is 9.08. The molecule has 52 heavy (non-hydrogen) atoms. The lowest BCUT2D eigenvalue weighted by atomic mass is 9.95. The van der Waals surface area contributed by atoms with Gasteiger partial charge in [0.05, 0.1) is 31.2 Å². The zero-order valence-electron chi connectivity index (χ0n) is 28.4. The van der Waals surface area contributed by atoms with E-state index in [1.54, 1.807) is 34.9 Å². The number of ether oxygens (including phenoxy) is 1. The molecular formula is C38H35ClF3N8O2+. The molecule has 0 aliphatic carbocycles. The predicted molar refractivity (Wildman–Crippen MR) is 191 cm³/mol. The van der Waals surface area contributed by atoms with E-state index in [2.05, 4.69) is 24.8 Å². The van der Waals surface area contributed by atoms with E-state index >= 15 is 4.39 Å². The zero-order chi connectivity index (χ0) is 36.0. The maximum atomic E-state index is 16.8. The van der Waals surface area contributed by atoms with Crippen LogP contribution in [0.25, 0.3) is 39.0 Å². The van der Waals surface area contributed by atoms with Crippen molar-refractivity contribution >= 4 is 57.3 Å². The van der Waals surface area contributed by atoms with Crippen LogP contribution in [-0.4, -0.2) is 103 Å². The first-order valence-corrected chi connectivity index (χ1v) is 17.6. The quantitative estimate of drug-likeness (QED) is 0.103. The van der Waals surface area contributed by atoms with Crippen LogP contribution in [0.3, 0.4) is 0 Å². The van der Waals surface area contributed by atoms with Gasteiger partial charge >= 0.3 is 11.8 Å². The fraction of sp³-hybridized carbons (Fsp3) is 0.342. The van der Waals surface area contributed by atoms with Crippen LogP contribution in [0.2, 0.25) is 5.02 Å². The standard InChI is InChI=1S/C38H35ClF3N8O2/c1-48(19-23-11-14-49(20-23)31(51)10-9-30-43-16-26(41)17-44-30)36-28-18-45-34(27-7-2-5-24-6-3-8-29(39)32(24)27)33(42)35(28)46-37(47-36)52-22-38-12-4-13-50(38)21-25(40)15-38/h2-3,5-10,16-19,23,25H,4,11-15,20-22H2,1H3/q+1/b10-9+,48-19?/t23?,25-,38+/m1/s1. The molecule has 3 saturated heterocycles. The summed E-state index contributed by atoms with van der Waals surface area (Å²) in [5, 5.41) is 2.37. The molecule has 0 saturated carbocycles. The molecule has 0 bridgehead atoms. The fourth-order valence-corrected chi connectivity index (χ4v) is 8.12. The molecule has 2 aromatic carbocycles. The van der Waals surface area contributed by atoms with Gasteiger partial charge in [-0.3, -0.25) is 14.7 Å². The highest BCUT2D eigenvalue weighted by molar-refractivity contribution is 6.36. The molecule has 0 N–H and O–H groups in total. The number of carbonyl (C=O) groups excluding carboxylic acids is 1. The summed E-state index contributed by atoms with van der Waals surface area (Å²) in [5.41, 5.74) is 0.200. The number of hydrogen-bond donors (Lipinski definition) is 0. The number of fused-ring (bicyclic) bond motifs is 3. The van der Waals surface area contributed by atoms with Gasteiger partial charge in [0.15, 0.2) is 17.5 Å². The number of halogens is 4. The summed E-state index contributed by atoms with van der Waals surface area (Å²) in [4.78, 5) is 38.4. The molecule has 14 heteroatoms. The Morgan fingerprint density at radius 1 is 1.08 bits per heavy atom. The van der Waals surface area contributed by atoms with Crippen molar-refractivity contribution in [1.29, 1.82) is 0 Å². The first-order valence-electron chi connectivity index (χ1n) is 17.3. The normalized spacial score (nSPS) is 22.2. The van der Waals surface area contributed by atoms with Gasteiger partial charge in [-0.05, 0) is 43.3 Å². The van der Waals surface area contributed by atoms with E-state index in [9.17, 15) is 13.6 Å². The van der Waals surface area contributed by atoms with E-state index in [0.717, 1.165) is 37.2 Å². The summed E-state index contributed by atoms with van der Waals surface area (Å²) in [6.07, 6.45) is 10.3. The van der Waals surface area contributed by atoms with Gasteiger partial charge in [0, 0.05) is 65.2 Å². The van der Waals surface area contributed by atoms with Crippen LogP contribution in [0.5, 0.6) is 6.01 Å². The van der Waals surface area contributed by atoms with Crippen molar-refractivity contribution < 1.29 is 27.3 Å². The van der Waals surface area contributed by atoms with Crippen molar-refractivity contribution in [2.45, 2.75) is 37.4 Å². The van der Waals surface area contributed by atoms with Crippen molar-refractivity contribution in [3.8, 4) is 17.3 Å². The van der Waals surface area contributed by atoms with Crippen LogP contribution in [-0.2, 0) is 4.79 Å². The number of carbonyl (C=O) groups is 1. The van der Waals surface area contributed by atoms with Crippen LogP contribution < -0.4 is 4.74 Å². The van der Waals surface area contributed by atoms with Gasteiger partial charge in [-0.15, -0.1) is 0 Å². The van der Waals surface area contributed by atoms with Crippen molar-refractivity contribution in [3.05, 3.63) is 83.5 Å². The lowest BCUT2D eigenvalue weighted by Crippen LogP contribution is -2.43. The second-order valence-electron chi connectivity index (χ2n) is 13.7. The number of nitrogens with zero attached hydrogens (tertiary/aromatic N) is 8. The van der Waals surface area contributed by atoms with Crippen molar-refractivity contribution in [3.63, 3.8) is 0 Å². The SMILES string of the molecule is C[N+](=CC1CCN(C(=O)/C=C/c2ncc(F)cn2)C1)c1nc(OC[C@@]23CCCN2C[C@H](F)C3)nc2c(F)c(-c3cccc4cccc(Cl)c34)ncc12. The lowest BCUT2D eigenvalue weighted by Gasteiger charge is -2.30. The first-order chi connectivity index (χ1) is 25.2. The number of likely N-dealkylation sites (tertiary alicyclic amines) is 1. The molecule has 1 unspecified atom stereocenters. The second kappa shape index (κ2) is 13.8. The van der Waals surface area contributed by atoms with E-state index < -0.39 is 23.3 Å². The highest BCUT2D eigenvalue weighted by Crippen LogP contribution is 2.41. The third-order valence-corrected chi connectivity index (χ3v) is 10.6. The zero-order valence-corrected chi connectivity index (χ0v) is 29.1. The van der Waals surface area contributed by atoms with Crippen LogP contribution >= 0.6 is 11.6 Å². The van der Waals surface area contributed by atoms with Crippen LogP contribution in [0, 0.1) is 17.6 Å². The summed E-state index contributed by atoms with van der Waals surface area (Å²) >= 11 is 6.61. The van der Waals surface area contributed by atoms with E-state index in [1.807, 2.05) is 30.5 Å². The molecule has 3 atom stereocenters. The molecule has 3 aliphatic rings. The van der Waals surface area contributed by atoms with Gasteiger partial charge in [0.2, 0.25) is 5.91 Å². The third kappa shape index (κ3) is 6.47. The summed E-state index contributed by atoms with van der Waals surface area (Å²) in [5.74, 6) is -0.854. The molecule has 0 radical (unpaired) electrons. The summed E-state index contributed by atoms with van der Waals surface area (Å²) in [7, 11) is 1.81. The highest BCUT2D eigenvalue weighted by atomic mass is 35.5. The van der Waals surface area contributed by atoms with Gasteiger partial charge < -0.3 is 9.64 Å². The average Bonchev–Trinajstić information content (AvgIpc) is 3.85. The van der Waals surface area contributed by atoms with Crippen molar-refractivity contribution in [1.82, 2.24) is 34.7 Å². The Bertz CT molecular complexity index is 2250. The number of rotatable bonds is 8. The van der Waals surface area contributed by atoms with Crippen molar-refractivity contribution in [2.75, 3.05) is 39.8 Å². The van der Waals surface area contributed by atoms with E-state index in [0.29, 0.717) is 59.7 Å². The fourth-order valence-electron chi connectivity index (χ4n) is 7.84. The monoisotopic (exact) mass is 727 g/mol. The molecule has 3 aliphatic heterocycles. The Morgan fingerprint density at radius 3 is 2.71 bits per heavy atom. The number of benzene rings is 2. The molecule has 5 aromatic rings. The Morgan fingerprint density at radius 2 is 1.88 bits per heavy atom. The van der Waals surface area contributed by atoms with Crippen LogP contribution in [0.4, 0.5) is 19.0 Å².